The topological polar surface area (TPSA) is 123 Å². The highest BCUT2D eigenvalue weighted by Crippen LogP contribution is 2.65. The Bertz CT molecular complexity index is 3770. The maximum Gasteiger partial charge on any atom is 0.429 e. The van der Waals surface area contributed by atoms with Gasteiger partial charge in [0, 0.05) is 42.0 Å². The minimum atomic E-state index is -5.93. The summed E-state index contributed by atoms with van der Waals surface area (Å²) in [4.78, 5) is 12.8. The van der Waals surface area contributed by atoms with Crippen LogP contribution in [0.2, 0.25) is 57.4 Å². The molecule has 658 valence electrons. The summed E-state index contributed by atoms with van der Waals surface area (Å²) in [6.07, 6.45) is -6.13. The number of rotatable bonds is 27. The van der Waals surface area contributed by atoms with Gasteiger partial charge in [-0.05, 0) is 268 Å². The van der Waals surface area contributed by atoms with Gasteiger partial charge in [0.25, 0.3) is 11.2 Å². The summed E-state index contributed by atoms with van der Waals surface area (Å²) < 4.78 is 227. The van der Waals surface area contributed by atoms with Crippen LogP contribution in [0, 0.1) is 45.3 Å². The SMILES string of the molecule is C=C1/C(=C\C=C2/CCC[C@@]3(C)C2CC[C@@H]3[C@@](C)(C/C=C\C(O)(C(F)(F)F)C(F)(F)F)CCCC(C)(C)O)C[C@@H](O)C[C@@H]1F.C=C1/C(=C\CP(=O)(c2ccccc2)c2ccccc2)C[C@@H](O[Si](C)(C)C(C)(C)C)C[C@@H]1F.CC(C)(CCC[C@](C)(C/C=C\C(O[Si](C)(C)C)(C(F)(F)F)C(F)(F)F)[C@H]1CCC2C(=O)CCC[C@@]21C)O[Si](C)(C)C. The lowest BCUT2D eigenvalue weighted by atomic mass is 9.55. The smallest absolute Gasteiger partial charge is 0.413 e. The second-order valence-corrected chi connectivity index (χ2v) is 56.5. The number of Topliss-reactive ketones (excluding diaryl/α,β-unsaturated/α-hetero) is 1. The highest BCUT2D eigenvalue weighted by Gasteiger charge is 2.72. The van der Waals surface area contributed by atoms with Gasteiger partial charge < -0.3 is 33.2 Å². The Balaban J connectivity index is 0.000000273. The summed E-state index contributed by atoms with van der Waals surface area (Å²) in [7, 11) is -10.0. The highest BCUT2D eigenvalue weighted by molar-refractivity contribution is 7.78. The van der Waals surface area contributed by atoms with E-state index in [2.05, 4.69) is 80.5 Å². The van der Waals surface area contributed by atoms with Crippen LogP contribution in [0.15, 0.2) is 144 Å². The lowest BCUT2D eigenvalue weighted by molar-refractivity contribution is -0.347. The monoisotopic (exact) mass is 1720 g/mol. The average molecular weight is 1730 g/mol. The van der Waals surface area contributed by atoms with Gasteiger partial charge in [-0.2, -0.15) is 52.7 Å². The molecule has 0 saturated heterocycles. The van der Waals surface area contributed by atoms with Crippen molar-refractivity contribution in [3.63, 3.8) is 0 Å². The van der Waals surface area contributed by atoms with E-state index in [1.54, 1.807) is 13.8 Å². The van der Waals surface area contributed by atoms with E-state index in [4.69, 9.17) is 13.3 Å². The fraction of sp³-hybridized carbons (Fsp3) is 0.700. The molecule has 6 saturated carbocycles. The number of alkyl halides is 14. The van der Waals surface area contributed by atoms with Crippen molar-refractivity contribution >= 4 is 48.5 Å². The van der Waals surface area contributed by atoms with Gasteiger partial charge in [-0.1, -0.05) is 171 Å². The van der Waals surface area contributed by atoms with E-state index in [9.17, 15) is 86.1 Å². The number of aliphatic hydroxyl groups excluding tert-OH is 1. The van der Waals surface area contributed by atoms with E-state index in [0.29, 0.717) is 80.7 Å². The zero-order valence-electron chi connectivity index (χ0n) is 72.2. The van der Waals surface area contributed by atoms with E-state index in [1.165, 1.54) is 25.2 Å². The summed E-state index contributed by atoms with van der Waals surface area (Å²) in [5, 5.41) is 31.7. The predicted molar refractivity (Wildman–Crippen MR) is 447 cm³/mol. The predicted octanol–water partition coefficient (Wildman–Crippen LogP) is 26.1. The van der Waals surface area contributed by atoms with Crippen LogP contribution in [0.1, 0.15) is 217 Å². The van der Waals surface area contributed by atoms with Crippen molar-refractivity contribution in [2.45, 2.75) is 346 Å². The van der Waals surface area contributed by atoms with Crippen LogP contribution < -0.4 is 10.6 Å². The van der Waals surface area contributed by atoms with Crippen molar-refractivity contribution in [1.29, 1.82) is 0 Å². The first-order valence-corrected chi connectivity index (χ1v) is 53.1. The summed E-state index contributed by atoms with van der Waals surface area (Å²) in [5.41, 5.74) is -9.01. The third-order valence-electron chi connectivity index (χ3n) is 26.4. The third-order valence-corrected chi connectivity index (χ3v) is 35.9. The van der Waals surface area contributed by atoms with Gasteiger partial charge in [-0.3, -0.25) is 4.79 Å². The Hall–Kier alpha value is -4.05. The molecular formula is C90H135F14O8PSi3. The molecule has 26 heteroatoms. The van der Waals surface area contributed by atoms with Gasteiger partial charge >= 0.3 is 24.7 Å². The second kappa shape index (κ2) is 37.6. The van der Waals surface area contributed by atoms with Crippen molar-refractivity contribution in [1.82, 2.24) is 0 Å². The van der Waals surface area contributed by atoms with Crippen molar-refractivity contribution in [2.75, 3.05) is 6.16 Å². The molecule has 8 rings (SSSR count). The molecule has 0 aliphatic heterocycles. The van der Waals surface area contributed by atoms with Gasteiger partial charge in [-0.25, -0.2) is 8.78 Å². The number of ketones is 1. The lowest BCUT2D eigenvalue weighted by Gasteiger charge is -2.49. The van der Waals surface area contributed by atoms with Crippen LogP contribution in [-0.2, 0) is 22.6 Å². The lowest BCUT2D eigenvalue weighted by Crippen LogP contribution is -2.61. The number of carbonyl (C=O) groups is 1. The molecular weight excluding hydrogens is 1590 g/mol. The summed E-state index contributed by atoms with van der Waals surface area (Å²) in [5.74, 6) is 0.223. The third kappa shape index (κ3) is 24.9. The van der Waals surface area contributed by atoms with E-state index in [0.717, 1.165) is 92.5 Å². The largest absolute Gasteiger partial charge is 0.429 e. The first kappa shape index (κ1) is 101. The highest BCUT2D eigenvalue weighted by atomic mass is 31.2. The molecule has 0 spiro atoms. The van der Waals surface area contributed by atoms with E-state index < -0.39 is 108 Å². The van der Waals surface area contributed by atoms with Crippen LogP contribution in [0.25, 0.3) is 0 Å². The molecule has 116 heavy (non-hydrogen) atoms. The average Bonchev–Trinajstić information content (AvgIpc) is 1.33. The van der Waals surface area contributed by atoms with Crippen molar-refractivity contribution in [3.8, 4) is 0 Å². The fourth-order valence-electron chi connectivity index (χ4n) is 19.6. The molecule has 0 heterocycles. The van der Waals surface area contributed by atoms with Crippen LogP contribution in [0.5, 0.6) is 0 Å². The molecule has 2 unspecified atom stereocenters. The molecule has 0 bridgehead atoms. The van der Waals surface area contributed by atoms with Gasteiger partial charge in [0.2, 0.25) is 0 Å². The first-order chi connectivity index (χ1) is 52.7. The van der Waals surface area contributed by atoms with E-state index >= 15 is 0 Å². The van der Waals surface area contributed by atoms with Crippen molar-refractivity contribution < 1.29 is 99.4 Å². The molecule has 0 aromatic heterocycles. The van der Waals surface area contributed by atoms with Crippen LogP contribution in [0.3, 0.4) is 0 Å². The number of hydrogen-bond donors (Lipinski definition) is 3. The molecule has 6 fully saturated rings. The molecule has 0 radical (unpaired) electrons. The molecule has 12 atom stereocenters. The minimum absolute atomic E-state index is 0.000922. The quantitative estimate of drug-likeness (QED) is 0.0350. The Morgan fingerprint density at radius 2 is 1.01 bits per heavy atom. The van der Waals surface area contributed by atoms with Crippen molar-refractivity contribution in [3.05, 3.63) is 144 Å². The summed E-state index contributed by atoms with van der Waals surface area (Å²) >= 11 is 0. The van der Waals surface area contributed by atoms with Gasteiger partial charge in [0.1, 0.15) is 25.3 Å². The van der Waals surface area contributed by atoms with Gasteiger partial charge in [-0.15, -0.1) is 0 Å². The van der Waals surface area contributed by atoms with Crippen molar-refractivity contribution in [2.24, 2.45) is 45.3 Å². The molecule has 3 N–H and O–H groups in total. The zero-order valence-corrected chi connectivity index (χ0v) is 76.1. The van der Waals surface area contributed by atoms with Gasteiger partial charge in [0.05, 0.1) is 23.4 Å². The molecule has 2 aromatic rings. The fourth-order valence-corrected chi connectivity index (χ4v) is 26.5. The molecule has 8 nitrogen and oxygen atoms in total. The molecule has 2 aromatic carbocycles. The Labute approximate surface area is 686 Å². The molecule has 0 amide bonds. The number of halogens is 14. The standard InChI is InChI=1S/C33H47F7O3.C30H52F6O3Si2.C27H36FO2PSi/c1-21-23(19-24(41)20-26(21)34)11-10-22-9-6-17-30(5)25(22)12-13-27(30)29(4,15-7-14-28(2,3)42)16-8-18-31(43,32(35,36)37)33(38,39)40;1-25(2,38-40(5,6)7)17-12-18-26(3,24-16-15-22-23(37)14-11-20-27(22,24)4)19-13-21-28(29(31,32)33,30(34,35)36)39-41(8,9)10;1-21-22(19-23(20-26(21)28)30-32(5,6)27(2,3)4)17-18-31(29,24-13-9-7-10-14-24)25-15-11-8-12-16-25/h8,10-11,18,24-27,41-43H,1,6-7,9,12-17,19-20H2,2-5H3;13,21-22,24H,11-12,14-20H2,1-10H3;7-17,23,26H,1,18-20H2,2-6H3/b18-8-,22-10+,23-11-;21-13-;22-17-/t24-,25?,26+,27-,29-,30+;22?,24-,26-,27+;23-,26+/m111/s1. The number of hydrogen-bond acceptors (Lipinski definition) is 8. The Kier molecular flexibility index (Phi) is 32.6. The summed E-state index contributed by atoms with van der Waals surface area (Å²) in [6, 6.07) is 19.2. The van der Waals surface area contributed by atoms with Gasteiger partial charge in [0.15, 0.2) is 25.0 Å². The second-order valence-electron chi connectivity index (χ2n) is 40.0. The number of fused-ring (bicyclic) bond motifs is 2. The van der Waals surface area contributed by atoms with Crippen LogP contribution >= 0.6 is 7.14 Å². The molecule has 6 aliphatic carbocycles. The van der Waals surface area contributed by atoms with E-state index in [-0.39, 0.29) is 82.8 Å². The van der Waals surface area contributed by atoms with Crippen LogP contribution in [-0.4, -0.2) is 124 Å². The van der Waals surface area contributed by atoms with Crippen LogP contribution in [0.4, 0.5) is 61.5 Å². The number of allylic oxidation sites excluding steroid dienone is 8. The maximum absolute atomic E-state index is 14.9. The number of aliphatic hydroxyl groups is 3. The molecule has 6 aliphatic rings. The number of carbonyl (C=O) groups excluding carboxylic acids is 1. The minimum Gasteiger partial charge on any atom is -0.413 e. The summed E-state index contributed by atoms with van der Waals surface area (Å²) in [6.45, 7) is 44.7. The Morgan fingerprint density at radius 3 is 1.47 bits per heavy atom. The Morgan fingerprint density at radius 1 is 0.560 bits per heavy atom. The zero-order chi connectivity index (χ0) is 88.1. The number of benzene rings is 2. The normalized spacial score (nSPS) is 27.7. The van der Waals surface area contributed by atoms with E-state index in [1.807, 2.05) is 107 Å². The first-order valence-electron chi connectivity index (χ1n) is 41.5. The maximum atomic E-state index is 14.9.